The van der Waals surface area contributed by atoms with Gasteiger partial charge in [-0.15, -0.1) is 0 Å². The Morgan fingerprint density at radius 2 is 2.00 bits per heavy atom. The minimum absolute atomic E-state index is 0.300. The Bertz CT molecular complexity index is 435. The third kappa shape index (κ3) is 1.54. The quantitative estimate of drug-likeness (QED) is 0.714. The molecule has 1 aromatic carbocycles. The van der Waals surface area contributed by atoms with Gasteiger partial charge in [0.05, 0.1) is 0 Å². The zero-order valence-electron chi connectivity index (χ0n) is 9.23. The number of hydrogen-bond donors (Lipinski definition) is 0. The van der Waals surface area contributed by atoms with Crippen LogP contribution in [0.5, 0.6) is 0 Å². The Morgan fingerprint density at radius 1 is 1.19 bits per heavy atom. The maximum Gasteiger partial charge on any atom is 0.166 e. The molecule has 0 bridgehead atoms. The van der Waals surface area contributed by atoms with Crippen molar-refractivity contribution in [1.82, 2.24) is 4.90 Å². The molecule has 1 atom stereocenters. The summed E-state index contributed by atoms with van der Waals surface area (Å²) in [5.41, 5.74) is 1.94. The fourth-order valence-electron chi connectivity index (χ4n) is 2.66. The van der Waals surface area contributed by atoms with Crippen LogP contribution >= 0.6 is 0 Å². The third-order valence-electron chi connectivity index (χ3n) is 3.52. The van der Waals surface area contributed by atoms with Gasteiger partial charge in [-0.25, -0.2) is 0 Å². The van der Waals surface area contributed by atoms with Crippen LogP contribution in [0.3, 0.4) is 0 Å². The highest BCUT2D eigenvalue weighted by Gasteiger charge is 2.30. The summed E-state index contributed by atoms with van der Waals surface area (Å²) in [5.74, 6) is 0.300. The van der Waals surface area contributed by atoms with Crippen LogP contribution in [0.25, 0.3) is 5.57 Å². The summed E-state index contributed by atoms with van der Waals surface area (Å²) in [6.07, 6.45) is 5.15. The van der Waals surface area contributed by atoms with Crippen molar-refractivity contribution in [1.29, 1.82) is 0 Å². The first-order valence-electron chi connectivity index (χ1n) is 5.91. The molecule has 0 radical (unpaired) electrons. The monoisotopic (exact) mass is 213 g/mol. The molecule has 0 amide bonds. The van der Waals surface area contributed by atoms with Gasteiger partial charge in [-0.05, 0) is 18.4 Å². The number of Topliss-reactive ketones (excluding diaryl/α,β-unsaturated/α-hetero) is 1. The summed E-state index contributed by atoms with van der Waals surface area (Å²) < 4.78 is 0. The molecule has 0 saturated carbocycles. The summed E-state index contributed by atoms with van der Waals surface area (Å²) in [4.78, 5) is 14.4. The van der Waals surface area contributed by atoms with E-state index in [-0.39, 0.29) is 0 Å². The predicted molar refractivity (Wildman–Crippen MR) is 63.8 cm³/mol. The van der Waals surface area contributed by atoms with E-state index >= 15 is 0 Å². The van der Waals surface area contributed by atoms with Crippen molar-refractivity contribution in [2.75, 3.05) is 6.54 Å². The number of carbonyl (C=O) groups is 1. The third-order valence-corrected chi connectivity index (χ3v) is 3.52. The molecule has 0 spiro atoms. The molecule has 2 aliphatic heterocycles. The van der Waals surface area contributed by atoms with E-state index in [2.05, 4.69) is 11.1 Å². The fraction of sp³-hybridized carbons (Fsp3) is 0.357. The zero-order chi connectivity index (χ0) is 11.0. The van der Waals surface area contributed by atoms with Crippen LogP contribution in [-0.4, -0.2) is 23.3 Å². The Labute approximate surface area is 95.6 Å². The average Bonchev–Trinajstić information content (AvgIpc) is 2.76. The Balaban J connectivity index is 1.97. The van der Waals surface area contributed by atoms with E-state index in [1.807, 2.05) is 30.3 Å². The lowest BCUT2D eigenvalue weighted by Gasteiger charge is -2.28. The largest absolute Gasteiger partial charge is 0.373 e. The summed E-state index contributed by atoms with van der Waals surface area (Å²) in [7, 11) is 0. The van der Waals surface area contributed by atoms with Gasteiger partial charge in [0.15, 0.2) is 5.78 Å². The van der Waals surface area contributed by atoms with E-state index in [0.29, 0.717) is 18.2 Å². The van der Waals surface area contributed by atoms with Crippen molar-refractivity contribution in [3.05, 3.63) is 42.1 Å². The zero-order valence-corrected chi connectivity index (χ0v) is 9.23. The summed E-state index contributed by atoms with van der Waals surface area (Å²) in [5, 5.41) is 0. The van der Waals surface area contributed by atoms with Crippen molar-refractivity contribution in [3.8, 4) is 0 Å². The molecule has 0 aliphatic carbocycles. The molecule has 2 nitrogen and oxygen atoms in total. The van der Waals surface area contributed by atoms with Gasteiger partial charge in [-0.2, -0.15) is 0 Å². The number of hydrogen-bond acceptors (Lipinski definition) is 2. The van der Waals surface area contributed by atoms with Crippen molar-refractivity contribution in [2.45, 2.75) is 25.3 Å². The lowest BCUT2D eigenvalue weighted by Crippen LogP contribution is -2.32. The van der Waals surface area contributed by atoms with Crippen LogP contribution in [0, 0.1) is 0 Å². The van der Waals surface area contributed by atoms with E-state index in [1.165, 1.54) is 12.8 Å². The Morgan fingerprint density at radius 3 is 2.81 bits per heavy atom. The maximum absolute atomic E-state index is 12.0. The van der Waals surface area contributed by atoms with Crippen LogP contribution in [0.2, 0.25) is 0 Å². The van der Waals surface area contributed by atoms with E-state index in [4.69, 9.17) is 0 Å². The number of carbonyl (C=O) groups excluding carboxylic acids is 1. The van der Waals surface area contributed by atoms with Crippen LogP contribution in [0.1, 0.15) is 24.8 Å². The molecule has 16 heavy (non-hydrogen) atoms. The van der Waals surface area contributed by atoms with E-state index in [1.54, 1.807) is 0 Å². The highest BCUT2D eigenvalue weighted by molar-refractivity contribution is 6.21. The highest BCUT2D eigenvalue weighted by atomic mass is 16.1. The molecule has 3 rings (SSSR count). The first-order valence-corrected chi connectivity index (χ1v) is 5.91. The Kier molecular flexibility index (Phi) is 2.28. The molecule has 1 unspecified atom stereocenters. The second-order valence-corrected chi connectivity index (χ2v) is 4.57. The molecule has 0 aromatic heterocycles. The second-order valence-electron chi connectivity index (χ2n) is 4.57. The summed E-state index contributed by atoms with van der Waals surface area (Å²) in [6.45, 7) is 1.11. The molecule has 1 saturated heterocycles. The van der Waals surface area contributed by atoms with Crippen LogP contribution in [-0.2, 0) is 4.79 Å². The second kappa shape index (κ2) is 3.78. The molecule has 1 aromatic rings. The molecular weight excluding hydrogens is 198 g/mol. The fourth-order valence-corrected chi connectivity index (χ4v) is 2.66. The van der Waals surface area contributed by atoms with Crippen molar-refractivity contribution in [2.24, 2.45) is 0 Å². The van der Waals surface area contributed by atoms with Gasteiger partial charge in [-0.1, -0.05) is 30.3 Å². The maximum atomic E-state index is 12.0. The number of nitrogens with zero attached hydrogens (tertiary/aromatic N) is 1. The first kappa shape index (κ1) is 9.64. The van der Waals surface area contributed by atoms with E-state index in [9.17, 15) is 4.79 Å². The first-order chi connectivity index (χ1) is 7.84. The molecular formula is C14H15NO. The summed E-state index contributed by atoms with van der Waals surface area (Å²) in [6, 6.07) is 10.5. The van der Waals surface area contributed by atoms with Crippen molar-refractivity contribution in [3.63, 3.8) is 0 Å². The number of fused-ring (bicyclic) bond motifs is 1. The van der Waals surface area contributed by atoms with Gasteiger partial charge >= 0.3 is 0 Å². The van der Waals surface area contributed by atoms with Gasteiger partial charge in [0, 0.05) is 30.8 Å². The molecule has 82 valence electrons. The summed E-state index contributed by atoms with van der Waals surface area (Å²) >= 11 is 0. The number of benzene rings is 1. The number of rotatable bonds is 1. The lowest BCUT2D eigenvalue weighted by molar-refractivity contribution is -0.115. The van der Waals surface area contributed by atoms with Gasteiger partial charge in [0.25, 0.3) is 0 Å². The highest BCUT2D eigenvalue weighted by Crippen LogP contribution is 2.30. The van der Waals surface area contributed by atoms with Gasteiger partial charge in [0.1, 0.15) is 0 Å². The predicted octanol–water partition coefficient (Wildman–Crippen LogP) is 2.46. The van der Waals surface area contributed by atoms with Crippen molar-refractivity contribution < 1.29 is 4.79 Å². The molecule has 2 heterocycles. The number of ketones is 1. The van der Waals surface area contributed by atoms with Gasteiger partial charge in [0.2, 0.25) is 0 Å². The average molecular weight is 213 g/mol. The Hall–Kier alpha value is -1.57. The normalized spacial score (nSPS) is 24.2. The van der Waals surface area contributed by atoms with Crippen LogP contribution in [0.15, 0.2) is 36.5 Å². The molecule has 1 fully saturated rings. The van der Waals surface area contributed by atoms with Gasteiger partial charge < -0.3 is 4.90 Å². The smallest absolute Gasteiger partial charge is 0.166 e. The van der Waals surface area contributed by atoms with E-state index in [0.717, 1.165) is 17.7 Å². The molecule has 0 N–H and O–H groups in total. The lowest BCUT2D eigenvalue weighted by atomic mass is 9.94. The minimum atomic E-state index is 0.300. The molecule has 2 aliphatic rings. The van der Waals surface area contributed by atoms with Crippen LogP contribution in [0.4, 0.5) is 0 Å². The van der Waals surface area contributed by atoms with E-state index < -0.39 is 0 Å². The van der Waals surface area contributed by atoms with Crippen molar-refractivity contribution >= 4 is 11.4 Å². The van der Waals surface area contributed by atoms with Gasteiger partial charge in [-0.3, -0.25) is 4.79 Å². The standard InChI is InChI=1S/C14H15NO/c16-14-9-12-7-4-8-15(12)10-13(14)11-5-2-1-3-6-11/h1-3,5-6,10,12H,4,7-9H2. The number of allylic oxidation sites excluding steroid dienone is 1. The SMILES string of the molecule is O=C1CC2CCCN2C=C1c1ccccc1. The molecule has 2 heteroatoms. The topological polar surface area (TPSA) is 20.3 Å². The van der Waals surface area contributed by atoms with Crippen LogP contribution < -0.4 is 0 Å². The minimum Gasteiger partial charge on any atom is -0.373 e.